The minimum absolute atomic E-state index is 0.602. The van der Waals surface area contributed by atoms with Gasteiger partial charge < -0.3 is 0 Å². The van der Waals surface area contributed by atoms with Gasteiger partial charge in [0.1, 0.15) is 0 Å². The van der Waals surface area contributed by atoms with Crippen LogP contribution in [0.5, 0.6) is 0 Å². The Morgan fingerprint density at radius 1 is 0.619 bits per heavy atom. The molecule has 0 aliphatic heterocycles. The van der Waals surface area contributed by atoms with Gasteiger partial charge in [0, 0.05) is 5.92 Å². The number of benzene rings is 3. The summed E-state index contributed by atoms with van der Waals surface area (Å²) in [4.78, 5) is 0. The van der Waals surface area contributed by atoms with Crippen LogP contribution in [0.15, 0.2) is 66.7 Å². The summed E-state index contributed by atoms with van der Waals surface area (Å²) in [6.45, 7) is 0. The van der Waals surface area contributed by atoms with E-state index in [0.717, 1.165) is 6.42 Å². The van der Waals surface area contributed by atoms with Gasteiger partial charge in [0.25, 0.3) is 0 Å². The van der Waals surface area contributed by atoms with Gasteiger partial charge in [-0.05, 0) is 51.8 Å². The molecule has 0 radical (unpaired) electrons. The lowest BCUT2D eigenvalue weighted by Gasteiger charge is -2.32. The Kier molecular flexibility index (Phi) is 2.20. The van der Waals surface area contributed by atoms with Gasteiger partial charge in [-0.3, -0.25) is 0 Å². The van der Waals surface area contributed by atoms with Crippen LogP contribution in [-0.4, -0.2) is 0 Å². The molecule has 0 saturated carbocycles. The number of fused-ring (bicyclic) bond motifs is 4. The van der Waals surface area contributed by atoms with Crippen LogP contribution in [0.25, 0.3) is 11.1 Å². The first-order valence-electron chi connectivity index (χ1n) is 7.69. The zero-order chi connectivity index (χ0) is 13.8. The molecular weight excluding hydrogens is 252 g/mol. The SMILES string of the molecule is c1ccc2c(c1)Cc1c-2cccc1C1Cc2ccccc21. The van der Waals surface area contributed by atoms with Crippen LogP contribution in [0.4, 0.5) is 0 Å². The third-order valence-electron chi connectivity index (χ3n) is 5.12. The molecule has 0 N–H and O–H groups in total. The predicted octanol–water partition coefficient (Wildman–Crippen LogP) is 4.95. The van der Waals surface area contributed by atoms with Crippen LogP contribution in [0.2, 0.25) is 0 Å². The predicted molar refractivity (Wildman–Crippen MR) is 86.7 cm³/mol. The Morgan fingerprint density at radius 3 is 2.24 bits per heavy atom. The molecule has 0 amide bonds. The van der Waals surface area contributed by atoms with Crippen molar-refractivity contribution in [2.24, 2.45) is 0 Å². The molecule has 1 unspecified atom stereocenters. The molecule has 0 aromatic heterocycles. The fourth-order valence-electron chi connectivity index (χ4n) is 4.04. The van der Waals surface area contributed by atoms with Crippen molar-refractivity contribution in [2.75, 3.05) is 0 Å². The minimum Gasteiger partial charge on any atom is -0.0620 e. The van der Waals surface area contributed by atoms with E-state index in [1.54, 1.807) is 11.1 Å². The first-order valence-corrected chi connectivity index (χ1v) is 7.69. The molecule has 0 heteroatoms. The normalized spacial score (nSPS) is 17.6. The molecule has 0 heterocycles. The van der Waals surface area contributed by atoms with Crippen molar-refractivity contribution in [2.45, 2.75) is 18.8 Å². The maximum absolute atomic E-state index is 2.34. The van der Waals surface area contributed by atoms with Gasteiger partial charge in [-0.15, -0.1) is 0 Å². The molecule has 5 rings (SSSR count). The van der Waals surface area contributed by atoms with Gasteiger partial charge >= 0.3 is 0 Å². The molecule has 0 bridgehead atoms. The van der Waals surface area contributed by atoms with Gasteiger partial charge in [0.2, 0.25) is 0 Å². The van der Waals surface area contributed by atoms with E-state index in [1.165, 1.54) is 34.2 Å². The Bertz CT molecular complexity index is 857. The second-order valence-electron chi connectivity index (χ2n) is 6.16. The van der Waals surface area contributed by atoms with Gasteiger partial charge in [0.15, 0.2) is 0 Å². The summed E-state index contributed by atoms with van der Waals surface area (Å²) in [6, 6.07) is 24.6. The van der Waals surface area contributed by atoms with Gasteiger partial charge in [-0.1, -0.05) is 66.7 Å². The van der Waals surface area contributed by atoms with E-state index in [4.69, 9.17) is 0 Å². The van der Waals surface area contributed by atoms with Crippen molar-refractivity contribution in [3.05, 3.63) is 94.5 Å². The monoisotopic (exact) mass is 268 g/mol. The molecule has 100 valence electrons. The highest BCUT2D eigenvalue weighted by Gasteiger charge is 2.31. The lowest BCUT2D eigenvalue weighted by Crippen LogP contribution is -2.19. The van der Waals surface area contributed by atoms with Gasteiger partial charge in [-0.2, -0.15) is 0 Å². The highest BCUT2D eigenvalue weighted by atomic mass is 14.3. The lowest BCUT2D eigenvalue weighted by atomic mass is 9.72. The first kappa shape index (κ1) is 11.3. The number of hydrogen-bond acceptors (Lipinski definition) is 0. The summed E-state index contributed by atoms with van der Waals surface area (Å²) >= 11 is 0. The van der Waals surface area contributed by atoms with Crippen LogP contribution in [0.1, 0.15) is 33.7 Å². The van der Waals surface area contributed by atoms with Gasteiger partial charge in [-0.25, -0.2) is 0 Å². The molecule has 2 aliphatic rings. The summed E-state index contributed by atoms with van der Waals surface area (Å²) in [5, 5.41) is 0. The fourth-order valence-corrected chi connectivity index (χ4v) is 4.04. The van der Waals surface area contributed by atoms with Crippen LogP contribution in [0, 0.1) is 0 Å². The molecule has 0 saturated heterocycles. The van der Waals surface area contributed by atoms with Crippen LogP contribution < -0.4 is 0 Å². The van der Waals surface area contributed by atoms with E-state index >= 15 is 0 Å². The largest absolute Gasteiger partial charge is 0.0620 e. The Labute approximate surface area is 125 Å². The molecule has 0 nitrogen and oxygen atoms in total. The quantitative estimate of drug-likeness (QED) is 0.458. The Hall–Kier alpha value is -2.34. The van der Waals surface area contributed by atoms with E-state index in [9.17, 15) is 0 Å². The van der Waals surface area contributed by atoms with Crippen LogP contribution in [-0.2, 0) is 12.8 Å². The highest BCUT2D eigenvalue weighted by molar-refractivity contribution is 5.78. The van der Waals surface area contributed by atoms with E-state index in [-0.39, 0.29) is 0 Å². The molecule has 0 spiro atoms. The topological polar surface area (TPSA) is 0 Å². The second-order valence-corrected chi connectivity index (χ2v) is 6.16. The molecule has 0 fully saturated rings. The Balaban J connectivity index is 1.66. The van der Waals surface area contributed by atoms with Crippen molar-refractivity contribution in [1.82, 2.24) is 0 Å². The third-order valence-corrected chi connectivity index (χ3v) is 5.12. The standard InChI is InChI=1S/C21H16/c1-3-8-16-14(6-1)13-21-18(16)10-5-11-19(21)20-12-15-7-2-4-9-17(15)20/h1-11,20H,12-13H2. The van der Waals surface area contributed by atoms with Crippen molar-refractivity contribution in [1.29, 1.82) is 0 Å². The van der Waals surface area contributed by atoms with Crippen molar-refractivity contribution >= 4 is 0 Å². The summed E-state index contributed by atoms with van der Waals surface area (Å²) in [5.74, 6) is 0.602. The van der Waals surface area contributed by atoms with Crippen LogP contribution in [0.3, 0.4) is 0 Å². The third kappa shape index (κ3) is 1.50. The lowest BCUT2D eigenvalue weighted by molar-refractivity contribution is 0.702. The van der Waals surface area contributed by atoms with Crippen LogP contribution >= 0.6 is 0 Å². The van der Waals surface area contributed by atoms with E-state index in [2.05, 4.69) is 66.7 Å². The number of rotatable bonds is 1. The molecule has 21 heavy (non-hydrogen) atoms. The van der Waals surface area contributed by atoms with Gasteiger partial charge in [0.05, 0.1) is 0 Å². The smallest absolute Gasteiger partial charge is 0.0136 e. The van der Waals surface area contributed by atoms with Crippen molar-refractivity contribution in [3.63, 3.8) is 0 Å². The summed E-state index contributed by atoms with van der Waals surface area (Å²) in [7, 11) is 0. The number of hydrogen-bond donors (Lipinski definition) is 0. The van der Waals surface area contributed by atoms with E-state index in [0.29, 0.717) is 5.92 Å². The summed E-state index contributed by atoms with van der Waals surface area (Å²) in [6.07, 6.45) is 2.29. The molecule has 3 aromatic rings. The summed E-state index contributed by atoms with van der Waals surface area (Å²) < 4.78 is 0. The molecular formula is C21H16. The fraction of sp³-hybridized carbons (Fsp3) is 0.143. The van der Waals surface area contributed by atoms with Crippen molar-refractivity contribution in [3.8, 4) is 11.1 Å². The molecule has 2 aliphatic carbocycles. The zero-order valence-corrected chi connectivity index (χ0v) is 11.8. The summed E-state index contributed by atoms with van der Waals surface area (Å²) in [5.41, 5.74) is 10.5. The van der Waals surface area contributed by atoms with Crippen molar-refractivity contribution < 1.29 is 0 Å². The molecule has 3 aromatic carbocycles. The highest BCUT2D eigenvalue weighted by Crippen LogP contribution is 2.46. The Morgan fingerprint density at radius 2 is 1.33 bits per heavy atom. The second kappa shape index (κ2) is 4.08. The molecule has 1 atom stereocenters. The average molecular weight is 268 g/mol. The first-order chi connectivity index (χ1) is 10.4. The zero-order valence-electron chi connectivity index (χ0n) is 11.8. The van der Waals surface area contributed by atoms with E-state index in [1.807, 2.05) is 0 Å². The average Bonchev–Trinajstić information content (AvgIpc) is 2.88. The minimum atomic E-state index is 0.602. The van der Waals surface area contributed by atoms with E-state index < -0.39 is 0 Å². The maximum atomic E-state index is 2.34. The maximum Gasteiger partial charge on any atom is 0.0136 e.